The summed E-state index contributed by atoms with van der Waals surface area (Å²) in [7, 11) is 0. The normalized spacial score (nSPS) is 14.4. The van der Waals surface area contributed by atoms with Gasteiger partial charge in [-0.1, -0.05) is 18.2 Å². The molecule has 0 heterocycles. The highest BCUT2D eigenvalue weighted by atomic mass is 16.5. The second kappa shape index (κ2) is 4.65. The predicted molar refractivity (Wildman–Crippen MR) is 53.3 cm³/mol. The monoisotopic (exact) mass is 194 g/mol. The van der Waals surface area contributed by atoms with Crippen LogP contribution in [-0.4, -0.2) is 17.2 Å². The SMILES string of the molecule is CC(Oc1ccccc1)C(C)C(=O)O. The molecule has 0 aromatic heterocycles. The van der Waals surface area contributed by atoms with Crippen LogP contribution in [0.15, 0.2) is 30.3 Å². The Hall–Kier alpha value is -1.51. The highest BCUT2D eigenvalue weighted by Crippen LogP contribution is 2.15. The third-order valence-corrected chi connectivity index (χ3v) is 2.16. The lowest BCUT2D eigenvalue weighted by molar-refractivity contribution is -0.143. The summed E-state index contributed by atoms with van der Waals surface area (Å²) in [6.45, 7) is 3.39. The summed E-state index contributed by atoms with van der Waals surface area (Å²) >= 11 is 0. The molecule has 0 saturated carbocycles. The molecule has 1 aromatic rings. The molecular formula is C11H14O3. The first-order valence-corrected chi connectivity index (χ1v) is 4.55. The number of carbonyl (C=O) groups is 1. The van der Waals surface area contributed by atoms with E-state index >= 15 is 0 Å². The molecule has 0 aliphatic heterocycles. The van der Waals surface area contributed by atoms with Crippen LogP contribution in [0.25, 0.3) is 0 Å². The molecule has 0 saturated heterocycles. The van der Waals surface area contributed by atoms with Crippen molar-refractivity contribution in [3.05, 3.63) is 30.3 Å². The van der Waals surface area contributed by atoms with Gasteiger partial charge in [-0.2, -0.15) is 0 Å². The fraction of sp³-hybridized carbons (Fsp3) is 0.364. The molecule has 3 nitrogen and oxygen atoms in total. The van der Waals surface area contributed by atoms with Crippen LogP contribution < -0.4 is 4.74 Å². The van der Waals surface area contributed by atoms with Gasteiger partial charge >= 0.3 is 5.97 Å². The van der Waals surface area contributed by atoms with Crippen molar-refractivity contribution in [2.24, 2.45) is 5.92 Å². The number of carboxylic acid groups (broad SMARTS) is 1. The Kier molecular flexibility index (Phi) is 3.51. The number of hydrogen-bond acceptors (Lipinski definition) is 2. The predicted octanol–water partition coefficient (Wildman–Crippen LogP) is 2.17. The van der Waals surface area contributed by atoms with Crippen molar-refractivity contribution in [3.8, 4) is 5.75 Å². The van der Waals surface area contributed by atoms with E-state index in [-0.39, 0.29) is 6.10 Å². The van der Waals surface area contributed by atoms with Gasteiger partial charge < -0.3 is 9.84 Å². The topological polar surface area (TPSA) is 46.5 Å². The van der Waals surface area contributed by atoms with Crippen molar-refractivity contribution in [3.63, 3.8) is 0 Å². The van der Waals surface area contributed by atoms with Gasteiger partial charge in [0.25, 0.3) is 0 Å². The van der Waals surface area contributed by atoms with Gasteiger partial charge in [-0.05, 0) is 26.0 Å². The fourth-order valence-electron chi connectivity index (χ4n) is 1.02. The van der Waals surface area contributed by atoms with Gasteiger partial charge in [-0.15, -0.1) is 0 Å². The molecule has 0 bridgehead atoms. The van der Waals surface area contributed by atoms with Crippen molar-refractivity contribution in [2.75, 3.05) is 0 Å². The minimum atomic E-state index is -0.839. The number of benzene rings is 1. The van der Waals surface area contributed by atoms with Crippen molar-refractivity contribution < 1.29 is 14.6 Å². The Labute approximate surface area is 83.3 Å². The summed E-state index contributed by atoms with van der Waals surface area (Å²) in [4.78, 5) is 10.7. The van der Waals surface area contributed by atoms with Crippen molar-refractivity contribution in [2.45, 2.75) is 20.0 Å². The van der Waals surface area contributed by atoms with Gasteiger partial charge in [-0.3, -0.25) is 4.79 Å². The maximum absolute atomic E-state index is 10.7. The van der Waals surface area contributed by atoms with Crippen molar-refractivity contribution in [1.29, 1.82) is 0 Å². The second-order valence-electron chi connectivity index (χ2n) is 3.26. The molecule has 0 fully saturated rings. The van der Waals surface area contributed by atoms with E-state index in [1.807, 2.05) is 30.3 Å². The summed E-state index contributed by atoms with van der Waals surface area (Å²) in [5.41, 5.74) is 0. The third kappa shape index (κ3) is 2.76. The molecule has 2 atom stereocenters. The zero-order chi connectivity index (χ0) is 10.6. The quantitative estimate of drug-likeness (QED) is 0.799. The van der Waals surface area contributed by atoms with Gasteiger partial charge in [0.2, 0.25) is 0 Å². The highest BCUT2D eigenvalue weighted by molar-refractivity contribution is 5.70. The summed E-state index contributed by atoms with van der Waals surface area (Å²) in [6, 6.07) is 9.22. The zero-order valence-electron chi connectivity index (χ0n) is 8.31. The molecule has 0 amide bonds. The first kappa shape index (κ1) is 10.6. The van der Waals surface area contributed by atoms with Crippen LogP contribution >= 0.6 is 0 Å². The maximum Gasteiger partial charge on any atom is 0.309 e. The molecule has 1 rings (SSSR count). The minimum Gasteiger partial charge on any atom is -0.490 e. The molecule has 76 valence electrons. The Morgan fingerprint density at radius 3 is 2.36 bits per heavy atom. The lowest BCUT2D eigenvalue weighted by atomic mass is 10.1. The second-order valence-corrected chi connectivity index (χ2v) is 3.26. The van der Waals surface area contributed by atoms with Crippen LogP contribution in [0, 0.1) is 5.92 Å². The average Bonchev–Trinajstić information content (AvgIpc) is 2.18. The fourth-order valence-corrected chi connectivity index (χ4v) is 1.02. The largest absolute Gasteiger partial charge is 0.490 e. The molecule has 1 N–H and O–H groups in total. The van der Waals surface area contributed by atoms with Crippen LogP contribution in [0.2, 0.25) is 0 Å². The molecule has 0 aliphatic rings. The average molecular weight is 194 g/mol. The minimum absolute atomic E-state index is 0.324. The zero-order valence-corrected chi connectivity index (χ0v) is 8.31. The molecule has 0 aliphatic carbocycles. The van der Waals surface area contributed by atoms with E-state index in [4.69, 9.17) is 9.84 Å². The lowest BCUT2D eigenvalue weighted by Gasteiger charge is -2.17. The third-order valence-electron chi connectivity index (χ3n) is 2.16. The molecule has 14 heavy (non-hydrogen) atoms. The smallest absolute Gasteiger partial charge is 0.309 e. The number of para-hydroxylation sites is 1. The van der Waals surface area contributed by atoms with E-state index in [1.165, 1.54) is 0 Å². The number of carboxylic acids is 1. The Morgan fingerprint density at radius 2 is 1.86 bits per heavy atom. The van der Waals surface area contributed by atoms with Gasteiger partial charge in [0.1, 0.15) is 11.9 Å². The molecule has 0 radical (unpaired) electrons. The first-order valence-electron chi connectivity index (χ1n) is 4.55. The Balaban J connectivity index is 2.57. The van der Waals surface area contributed by atoms with E-state index in [2.05, 4.69) is 0 Å². The lowest BCUT2D eigenvalue weighted by Crippen LogP contribution is -2.27. The molecule has 2 unspecified atom stereocenters. The first-order chi connectivity index (χ1) is 6.61. The van der Waals surface area contributed by atoms with Gasteiger partial charge in [-0.25, -0.2) is 0 Å². The highest BCUT2D eigenvalue weighted by Gasteiger charge is 2.20. The summed E-state index contributed by atoms with van der Waals surface area (Å²) in [5.74, 6) is -0.642. The van der Waals surface area contributed by atoms with Crippen molar-refractivity contribution in [1.82, 2.24) is 0 Å². The van der Waals surface area contributed by atoms with Crippen LogP contribution in [0.5, 0.6) is 5.75 Å². The van der Waals surface area contributed by atoms with Gasteiger partial charge in [0.15, 0.2) is 0 Å². The van der Waals surface area contributed by atoms with E-state index in [0.29, 0.717) is 5.75 Å². The number of aliphatic carboxylic acids is 1. The number of hydrogen-bond donors (Lipinski definition) is 1. The van der Waals surface area contributed by atoms with Crippen LogP contribution in [-0.2, 0) is 4.79 Å². The van der Waals surface area contributed by atoms with E-state index in [1.54, 1.807) is 13.8 Å². The number of ether oxygens (including phenoxy) is 1. The summed E-state index contributed by atoms with van der Waals surface area (Å²) in [6.07, 6.45) is -0.324. The Bertz CT molecular complexity index is 295. The number of rotatable bonds is 4. The molecular weight excluding hydrogens is 180 g/mol. The van der Waals surface area contributed by atoms with Gasteiger partial charge in [0, 0.05) is 0 Å². The van der Waals surface area contributed by atoms with Gasteiger partial charge in [0.05, 0.1) is 5.92 Å². The van der Waals surface area contributed by atoms with E-state index < -0.39 is 11.9 Å². The van der Waals surface area contributed by atoms with E-state index in [9.17, 15) is 4.79 Å². The van der Waals surface area contributed by atoms with Crippen molar-refractivity contribution >= 4 is 5.97 Å². The van der Waals surface area contributed by atoms with E-state index in [0.717, 1.165) is 0 Å². The summed E-state index contributed by atoms with van der Waals surface area (Å²) in [5, 5.41) is 8.75. The van der Waals surface area contributed by atoms with Crippen LogP contribution in [0.1, 0.15) is 13.8 Å². The standard InChI is InChI=1S/C11H14O3/c1-8(11(12)13)9(2)14-10-6-4-3-5-7-10/h3-9H,1-2H3,(H,12,13). The van der Waals surface area contributed by atoms with Crippen LogP contribution in [0.3, 0.4) is 0 Å². The maximum atomic E-state index is 10.7. The molecule has 1 aromatic carbocycles. The molecule has 0 spiro atoms. The Morgan fingerprint density at radius 1 is 1.29 bits per heavy atom. The molecule has 3 heteroatoms. The summed E-state index contributed by atoms with van der Waals surface area (Å²) < 4.78 is 5.46. The van der Waals surface area contributed by atoms with Crippen LogP contribution in [0.4, 0.5) is 0 Å².